The lowest BCUT2D eigenvalue weighted by Crippen LogP contribution is -2.53. The lowest BCUT2D eigenvalue weighted by Gasteiger charge is -2.31. The number of nitrogens with one attached hydrogen (secondary N) is 1. The second-order valence-electron chi connectivity index (χ2n) is 7.29. The highest BCUT2D eigenvalue weighted by Crippen LogP contribution is 2.34. The van der Waals surface area contributed by atoms with Crippen LogP contribution in [0.5, 0.6) is 0 Å². The van der Waals surface area contributed by atoms with Crippen molar-refractivity contribution in [1.82, 2.24) is 14.5 Å². The van der Waals surface area contributed by atoms with Gasteiger partial charge in [-0.3, -0.25) is 4.79 Å². The molecule has 1 atom stereocenters. The topological polar surface area (TPSA) is 76.2 Å². The van der Waals surface area contributed by atoms with Crippen LogP contribution in [0.2, 0.25) is 0 Å². The number of carbonyl (C=O) groups is 1. The average Bonchev–Trinajstić information content (AvgIpc) is 3.11. The van der Waals surface area contributed by atoms with Gasteiger partial charge in [0.1, 0.15) is 29.0 Å². The quantitative estimate of drug-likeness (QED) is 0.592. The van der Waals surface area contributed by atoms with Crippen LogP contribution in [-0.4, -0.2) is 39.1 Å². The summed E-state index contributed by atoms with van der Waals surface area (Å²) in [6, 6.07) is 8.51. The molecule has 0 radical (unpaired) electrons. The van der Waals surface area contributed by atoms with Crippen LogP contribution >= 0.6 is 0 Å². The molecule has 0 saturated heterocycles. The number of aromatic nitrogens is 2. The number of fused-ring (bicyclic) bond motifs is 1. The number of anilines is 2. The van der Waals surface area contributed by atoms with E-state index in [4.69, 9.17) is 5.73 Å². The fraction of sp³-hybridized carbons (Fsp3) is 0.238. The van der Waals surface area contributed by atoms with Crippen molar-refractivity contribution < 1.29 is 26.7 Å². The summed E-state index contributed by atoms with van der Waals surface area (Å²) in [6.07, 6.45) is -4.85. The van der Waals surface area contributed by atoms with Crippen molar-refractivity contribution in [2.75, 3.05) is 11.9 Å². The molecule has 32 heavy (non-hydrogen) atoms. The molecule has 2 aromatic carbocycles. The van der Waals surface area contributed by atoms with Crippen molar-refractivity contribution >= 4 is 17.4 Å². The number of hydrogen-bond acceptors (Lipinski definition) is 4. The van der Waals surface area contributed by atoms with Gasteiger partial charge >= 0.3 is 6.18 Å². The Morgan fingerprint density at radius 2 is 1.59 bits per heavy atom. The molecular weight excluding hydrogens is 433 g/mol. The first-order valence-corrected chi connectivity index (χ1v) is 9.62. The summed E-state index contributed by atoms with van der Waals surface area (Å²) in [7, 11) is 0. The summed E-state index contributed by atoms with van der Waals surface area (Å²) in [5, 5.41) is 3.14. The lowest BCUT2D eigenvalue weighted by molar-refractivity contribution is -0.171. The largest absolute Gasteiger partial charge is 0.412 e. The summed E-state index contributed by atoms with van der Waals surface area (Å²) in [4.78, 5) is 17.7. The molecule has 0 fully saturated rings. The van der Waals surface area contributed by atoms with E-state index in [1.54, 1.807) is 4.57 Å². The van der Waals surface area contributed by atoms with Crippen LogP contribution in [0.4, 0.5) is 33.5 Å². The van der Waals surface area contributed by atoms with Crippen LogP contribution in [0.3, 0.4) is 0 Å². The Kier molecular flexibility index (Phi) is 5.59. The zero-order valence-corrected chi connectivity index (χ0v) is 16.5. The Balaban J connectivity index is 1.70. The Bertz CT molecular complexity index is 1130. The minimum absolute atomic E-state index is 0.00701. The van der Waals surface area contributed by atoms with E-state index in [1.807, 2.05) is 0 Å². The summed E-state index contributed by atoms with van der Waals surface area (Å²) >= 11 is 0. The molecule has 4 rings (SSSR count). The normalized spacial score (nSPS) is 14.8. The van der Waals surface area contributed by atoms with Gasteiger partial charge in [0.2, 0.25) is 5.91 Å². The smallest absolute Gasteiger partial charge is 0.340 e. The Morgan fingerprint density at radius 1 is 1.00 bits per heavy atom. The maximum atomic E-state index is 13.4. The molecule has 168 valence electrons. The third-order valence-corrected chi connectivity index (χ3v) is 5.13. The molecule has 6 nitrogen and oxygen atoms in total. The predicted octanol–water partition coefficient (Wildman–Crippen LogP) is 3.80. The summed E-state index contributed by atoms with van der Waals surface area (Å²) in [6.45, 7) is -0.0296. The molecule has 0 spiro atoms. The third-order valence-electron chi connectivity index (χ3n) is 5.13. The molecule has 0 unspecified atom stereocenters. The first kappa shape index (κ1) is 21.8. The molecule has 1 aliphatic heterocycles. The van der Waals surface area contributed by atoms with E-state index in [2.05, 4.69) is 10.3 Å². The highest BCUT2D eigenvalue weighted by atomic mass is 19.4. The maximum Gasteiger partial charge on any atom is 0.412 e. The first-order chi connectivity index (χ1) is 15.1. The Hall–Kier alpha value is -3.47. The van der Waals surface area contributed by atoms with Gasteiger partial charge in [0.25, 0.3) is 0 Å². The minimum Gasteiger partial charge on any atom is -0.340 e. The van der Waals surface area contributed by atoms with E-state index >= 15 is 0 Å². The SMILES string of the molecule is N[C@@H](C(=O)N1CCn2c(nc(-c3ccc(F)cc3)c2Nc2ccc(F)cc2)C1)C(F)(F)F. The molecule has 1 aliphatic rings. The lowest BCUT2D eigenvalue weighted by atomic mass is 10.1. The average molecular weight is 451 g/mol. The van der Waals surface area contributed by atoms with Gasteiger partial charge in [0, 0.05) is 24.3 Å². The van der Waals surface area contributed by atoms with Crippen LogP contribution < -0.4 is 11.1 Å². The predicted molar refractivity (Wildman–Crippen MR) is 107 cm³/mol. The van der Waals surface area contributed by atoms with Crippen molar-refractivity contribution in [2.24, 2.45) is 5.73 Å². The molecule has 0 bridgehead atoms. The minimum atomic E-state index is -4.85. The number of benzene rings is 2. The van der Waals surface area contributed by atoms with E-state index in [-0.39, 0.29) is 19.6 Å². The zero-order chi connectivity index (χ0) is 23.0. The van der Waals surface area contributed by atoms with E-state index in [0.29, 0.717) is 28.6 Å². The van der Waals surface area contributed by atoms with E-state index in [0.717, 1.165) is 4.90 Å². The van der Waals surface area contributed by atoms with E-state index in [1.165, 1.54) is 48.5 Å². The zero-order valence-electron chi connectivity index (χ0n) is 16.5. The Morgan fingerprint density at radius 3 is 2.19 bits per heavy atom. The summed E-state index contributed by atoms with van der Waals surface area (Å²) < 4.78 is 67.1. The van der Waals surface area contributed by atoms with Crippen molar-refractivity contribution in [3.8, 4) is 11.3 Å². The van der Waals surface area contributed by atoms with Crippen LogP contribution in [0.15, 0.2) is 48.5 Å². The summed E-state index contributed by atoms with van der Waals surface area (Å²) in [5.74, 6) is -1.26. The Labute approximate surface area is 179 Å². The molecule has 0 saturated carbocycles. The van der Waals surface area contributed by atoms with Gasteiger partial charge in [-0.05, 0) is 48.5 Å². The fourth-order valence-electron chi connectivity index (χ4n) is 3.46. The second-order valence-corrected chi connectivity index (χ2v) is 7.29. The number of nitrogens with zero attached hydrogens (tertiary/aromatic N) is 3. The number of rotatable bonds is 4. The van der Waals surface area contributed by atoms with Gasteiger partial charge in [-0.2, -0.15) is 13.2 Å². The van der Waals surface area contributed by atoms with E-state index in [9.17, 15) is 26.7 Å². The number of nitrogens with two attached hydrogens (primary N) is 1. The number of alkyl halides is 3. The van der Waals surface area contributed by atoms with Crippen molar-refractivity contribution in [1.29, 1.82) is 0 Å². The first-order valence-electron chi connectivity index (χ1n) is 9.62. The molecule has 1 amide bonds. The van der Waals surface area contributed by atoms with Crippen LogP contribution in [0.1, 0.15) is 5.82 Å². The molecule has 3 aromatic rings. The molecule has 0 aliphatic carbocycles. The monoisotopic (exact) mass is 451 g/mol. The second kappa shape index (κ2) is 8.23. The molecule has 3 N–H and O–H groups in total. The molecule has 1 aromatic heterocycles. The fourth-order valence-corrected chi connectivity index (χ4v) is 3.46. The van der Waals surface area contributed by atoms with Crippen molar-refractivity contribution in [3.05, 3.63) is 66.0 Å². The highest BCUT2D eigenvalue weighted by molar-refractivity contribution is 5.83. The van der Waals surface area contributed by atoms with Gasteiger partial charge in [-0.25, -0.2) is 13.8 Å². The highest BCUT2D eigenvalue weighted by Gasteiger charge is 2.44. The third kappa shape index (κ3) is 4.28. The molecular formula is C21H18F5N5O. The number of carbonyl (C=O) groups excluding carboxylic acids is 1. The standard InChI is InChI=1S/C21H18F5N5O/c22-13-3-1-12(2-4-13)17-19(28-15-7-5-14(23)6-8-15)31-10-9-30(11-16(31)29-17)20(32)18(27)21(24,25)26/h1-8,18,28H,9-11,27H2/t18-/m0/s1. The number of imidazole rings is 1. The van der Waals surface area contributed by atoms with Crippen LogP contribution in [0, 0.1) is 11.6 Å². The number of hydrogen-bond donors (Lipinski definition) is 2. The van der Waals surface area contributed by atoms with Crippen molar-refractivity contribution in [3.63, 3.8) is 0 Å². The van der Waals surface area contributed by atoms with Gasteiger partial charge < -0.3 is 20.5 Å². The maximum absolute atomic E-state index is 13.4. The van der Waals surface area contributed by atoms with Crippen LogP contribution in [0.25, 0.3) is 11.3 Å². The van der Waals surface area contributed by atoms with Gasteiger partial charge in [0.05, 0.1) is 6.54 Å². The number of amides is 1. The molecule has 2 heterocycles. The van der Waals surface area contributed by atoms with Crippen LogP contribution in [-0.2, 0) is 17.9 Å². The molecule has 11 heteroatoms. The van der Waals surface area contributed by atoms with Crippen molar-refractivity contribution in [2.45, 2.75) is 25.3 Å². The summed E-state index contributed by atoms with van der Waals surface area (Å²) in [5.41, 5.74) is 6.60. The van der Waals surface area contributed by atoms with Gasteiger partial charge in [0.15, 0.2) is 6.04 Å². The van der Waals surface area contributed by atoms with Gasteiger partial charge in [-0.15, -0.1) is 0 Å². The van der Waals surface area contributed by atoms with E-state index < -0.39 is 29.8 Å². The van der Waals surface area contributed by atoms with Gasteiger partial charge in [-0.1, -0.05) is 0 Å². The number of halogens is 5.